The Labute approximate surface area is 197 Å². The average Bonchev–Trinajstić information content (AvgIpc) is 3.03. The normalized spacial score (nSPS) is 26.1. The lowest BCUT2D eigenvalue weighted by Crippen LogP contribution is -2.42. The zero-order valence-electron chi connectivity index (χ0n) is 20.9. The van der Waals surface area contributed by atoms with Crippen molar-refractivity contribution in [1.29, 1.82) is 0 Å². The van der Waals surface area contributed by atoms with E-state index in [0.29, 0.717) is 22.8 Å². The van der Waals surface area contributed by atoms with Crippen LogP contribution in [0.3, 0.4) is 0 Å². The second-order valence-electron chi connectivity index (χ2n) is 10.5. The monoisotopic (exact) mass is 459 g/mol. The molecule has 1 aliphatic heterocycles. The van der Waals surface area contributed by atoms with E-state index in [2.05, 4.69) is 55.5 Å². The third kappa shape index (κ3) is 5.17. The van der Waals surface area contributed by atoms with Crippen molar-refractivity contribution in [2.24, 2.45) is 17.3 Å². The van der Waals surface area contributed by atoms with Crippen molar-refractivity contribution in [3.05, 3.63) is 44.2 Å². The van der Waals surface area contributed by atoms with Crippen molar-refractivity contribution in [2.45, 2.75) is 84.6 Å². The van der Waals surface area contributed by atoms with Crippen molar-refractivity contribution in [2.75, 3.05) is 14.1 Å². The number of aromatic amines is 1. The smallest absolute Gasteiger partial charge is 0.253 e. The van der Waals surface area contributed by atoms with Crippen LogP contribution >= 0.6 is 11.8 Å². The molecule has 1 aliphatic carbocycles. The Morgan fingerprint density at radius 2 is 1.91 bits per heavy atom. The number of carbonyl (C=O) groups is 1. The fraction of sp³-hybridized carbons (Fsp3) is 0.692. The summed E-state index contributed by atoms with van der Waals surface area (Å²) in [4.78, 5) is 30.7. The summed E-state index contributed by atoms with van der Waals surface area (Å²) < 4.78 is 0. The summed E-state index contributed by atoms with van der Waals surface area (Å²) in [6.07, 6.45) is 6.27. The van der Waals surface area contributed by atoms with Crippen molar-refractivity contribution in [3.63, 3.8) is 0 Å². The maximum atomic E-state index is 13.2. The van der Waals surface area contributed by atoms with Gasteiger partial charge in [-0.2, -0.15) is 0 Å². The van der Waals surface area contributed by atoms with Gasteiger partial charge < -0.3 is 15.2 Å². The molecule has 1 amide bonds. The number of nitrogens with one attached hydrogen (secondary N) is 2. The molecule has 1 aromatic rings. The Balaban J connectivity index is 1.66. The second-order valence-corrected chi connectivity index (χ2v) is 11.6. The topological polar surface area (TPSA) is 65.2 Å². The highest BCUT2D eigenvalue weighted by Gasteiger charge is 2.46. The van der Waals surface area contributed by atoms with Crippen LogP contribution in [0.4, 0.5) is 0 Å². The highest BCUT2D eigenvalue weighted by molar-refractivity contribution is 8.03. The molecule has 0 aromatic carbocycles. The van der Waals surface area contributed by atoms with Crippen LogP contribution in [-0.2, 0) is 11.3 Å². The lowest BCUT2D eigenvalue weighted by molar-refractivity contribution is -0.118. The number of carbonyl (C=O) groups excluding carboxylic acids is 1. The van der Waals surface area contributed by atoms with Gasteiger partial charge in [-0.05, 0) is 82.5 Å². The Morgan fingerprint density at radius 3 is 2.47 bits per heavy atom. The van der Waals surface area contributed by atoms with Crippen molar-refractivity contribution < 1.29 is 4.79 Å². The molecule has 0 bridgehead atoms. The Hall–Kier alpha value is -1.53. The highest BCUT2D eigenvalue weighted by atomic mass is 32.2. The molecule has 1 fully saturated rings. The number of hydrogen-bond acceptors (Lipinski definition) is 4. The van der Waals surface area contributed by atoms with Crippen LogP contribution in [0.5, 0.6) is 0 Å². The largest absolute Gasteiger partial charge is 0.348 e. The van der Waals surface area contributed by atoms with Gasteiger partial charge in [0.1, 0.15) is 0 Å². The first-order chi connectivity index (χ1) is 15.1. The Kier molecular flexibility index (Phi) is 7.97. The first-order valence-electron chi connectivity index (χ1n) is 12.1. The zero-order chi connectivity index (χ0) is 23.6. The number of rotatable bonds is 7. The number of pyridine rings is 1. The van der Waals surface area contributed by atoms with Crippen LogP contribution < -0.4 is 10.9 Å². The summed E-state index contributed by atoms with van der Waals surface area (Å²) in [6.45, 7) is 10.8. The van der Waals surface area contributed by atoms with E-state index < -0.39 is 0 Å². The SMILES string of the molecule is CCC(C1CCC(N(C)C)CC1)C1SC=C(C(=O)NCc2c(C)cc(C)[nH]c2=O)C1(C)C. The molecule has 0 saturated heterocycles. The van der Waals surface area contributed by atoms with Gasteiger partial charge >= 0.3 is 0 Å². The fourth-order valence-corrected chi connectivity index (χ4v) is 7.58. The van der Waals surface area contributed by atoms with Gasteiger partial charge in [0.25, 0.3) is 5.56 Å². The van der Waals surface area contributed by atoms with Crippen LogP contribution in [0.1, 0.15) is 69.7 Å². The standard InChI is InChI=1S/C26H41N3O2S/c1-8-20(18-9-11-19(12-10-18)29(6)7)23-26(4,5)22(15-32-23)25(31)27-14-21-16(2)13-17(3)28-24(21)30/h13,15,18-20,23H,8-12,14H2,1-7H3,(H,27,31)(H,28,30). The lowest BCUT2D eigenvalue weighted by Gasteiger charge is -2.42. The van der Waals surface area contributed by atoms with Gasteiger partial charge in [0.2, 0.25) is 5.91 Å². The van der Waals surface area contributed by atoms with Gasteiger partial charge in [0, 0.05) is 40.1 Å². The summed E-state index contributed by atoms with van der Waals surface area (Å²) in [5.74, 6) is 1.30. The van der Waals surface area contributed by atoms with E-state index in [1.54, 1.807) is 0 Å². The predicted molar refractivity (Wildman–Crippen MR) is 135 cm³/mol. The second kappa shape index (κ2) is 10.2. The minimum atomic E-state index is -0.192. The maximum absolute atomic E-state index is 13.2. The summed E-state index contributed by atoms with van der Waals surface area (Å²) in [7, 11) is 4.39. The lowest BCUT2D eigenvalue weighted by atomic mass is 9.68. The Morgan fingerprint density at radius 1 is 1.25 bits per heavy atom. The quantitative estimate of drug-likeness (QED) is 0.616. The average molecular weight is 460 g/mol. The third-order valence-electron chi connectivity index (χ3n) is 7.84. The maximum Gasteiger partial charge on any atom is 0.253 e. The molecule has 2 atom stereocenters. The van der Waals surface area contributed by atoms with Gasteiger partial charge in [-0.3, -0.25) is 9.59 Å². The molecule has 2 heterocycles. The molecular weight excluding hydrogens is 418 g/mol. The van der Waals surface area contributed by atoms with E-state index >= 15 is 0 Å². The predicted octanol–water partition coefficient (Wildman–Crippen LogP) is 4.78. The number of aromatic nitrogens is 1. The van der Waals surface area contributed by atoms with E-state index in [4.69, 9.17) is 0 Å². The molecule has 2 N–H and O–H groups in total. The molecule has 1 aromatic heterocycles. The summed E-state index contributed by atoms with van der Waals surface area (Å²) in [6, 6.07) is 2.66. The third-order valence-corrected chi connectivity index (χ3v) is 9.44. The molecule has 5 nitrogen and oxygen atoms in total. The van der Waals surface area contributed by atoms with Crippen LogP contribution in [0.25, 0.3) is 0 Å². The molecule has 1 saturated carbocycles. The molecule has 32 heavy (non-hydrogen) atoms. The zero-order valence-corrected chi connectivity index (χ0v) is 21.7. The highest BCUT2D eigenvalue weighted by Crippen LogP contribution is 2.53. The van der Waals surface area contributed by atoms with E-state index in [9.17, 15) is 9.59 Å². The molecule has 6 heteroatoms. The van der Waals surface area contributed by atoms with Gasteiger partial charge in [-0.25, -0.2) is 0 Å². The van der Waals surface area contributed by atoms with Gasteiger partial charge in [0.05, 0.1) is 0 Å². The number of amides is 1. The number of hydrogen-bond donors (Lipinski definition) is 2. The minimum Gasteiger partial charge on any atom is -0.348 e. The molecule has 2 aliphatic rings. The van der Waals surface area contributed by atoms with E-state index in [0.717, 1.165) is 29.2 Å². The first-order valence-corrected chi connectivity index (χ1v) is 13.0. The molecule has 178 valence electrons. The number of nitrogens with zero attached hydrogens (tertiary/aromatic N) is 1. The minimum absolute atomic E-state index is 0.0458. The van der Waals surface area contributed by atoms with E-state index in [1.165, 1.54) is 25.7 Å². The molecular formula is C26H41N3O2S. The number of H-pyrrole nitrogens is 1. The van der Waals surface area contributed by atoms with Gasteiger partial charge in [-0.1, -0.05) is 27.2 Å². The van der Waals surface area contributed by atoms with Crippen LogP contribution in [0.15, 0.2) is 21.8 Å². The number of thioether (sulfide) groups is 1. The summed E-state index contributed by atoms with van der Waals surface area (Å²) in [5, 5.41) is 5.53. The van der Waals surface area contributed by atoms with Gasteiger partial charge in [-0.15, -0.1) is 11.8 Å². The van der Waals surface area contributed by atoms with Crippen molar-refractivity contribution in [3.8, 4) is 0 Å². The van der Waals surface area contributed by atoms with Crippen LogP contribution in [0.2, 0.25) is 0 Å². The van der Waals surface area contributed by atoms with E-state index in [1.807, 2.05) is 31.7 Å². The first kappa shape index (κ1) is 25.1. The molecule has 2 unspecified atom stereocenters. The number of aryl methyl sites for hydroxylation is 2. The van der Waals surface area contributed by atoms with E-state index in [-0.39, 0.29) is 23.4 Å². The molecule has 0 radical (unpaired) electrons. The van der Waals surface area contributed by atoms with Gasteiger partial charge in [0.15, 0.2) is 0 Å². The molecule has 3 rings (SSSR count). The van der Waals surface area contributed by atoms with Crippen LogP contribution in [0, 0.1) is 31.1 Å². The Bertz CT molecular complexity index is 910. The summed E-state index contributed by atoms with van der Waals surface area (Å²) >= 11 is 1.85. The van der Waals surface area contributed by atoms with Crippen LogP contribution in [-0.4, -0.2) is 41.2 Å². The fourth-order valence-electron chi connectivity index (χ4n) is 5.80. The summed E-state index contributed by atoms with van der Waals surface area (Å²) in [5.41, 5.74) is 2.93. The van der Waals surface area contributed by atoms with Crippen molar-refractivity contribution >= 4 is 17.7 Å². The molecule has 0 spiro atoms. The van der Waals surface area contributed by atoms with Crippen molar-refractivity contribution in [1.82, 2.24) is 15.2 Å².